The Morgan fingerprint density at radius 2 is 2.21 bits per heavy atom. The van der Waals surface area contributed by atoms with Crippen molar-refractivity contribution in [2.75, 3.05) is 25.9 Å². The Kier molecular flexibility index (Phi) is 3.95. The first-order valence-electron chi connectivity index (χ1n) is 5.95. The summed E-state index contributed by atoms with van der Waals surface area (Å²) in [5.41, 5.74) is 6.54. The van der Waals surface area contributed by atoms with Gasteiger partial charge in [0.1, 0.15) is 0 Å². The molecule has 1 fully saturated rings. The lowest BCUT2D eigenvalue weighted by molar-refractivity contribution is -0.144. The molecular formula is C13H15ClN2O3. The van der Waals surface area contributed by atoms with Crippen molar-refractivity contribution >= 4 is 29.2 Å². The summed E-state index contributed by atoms with van der Waals surface area (Å²) in [6.07, 6.45) is 0.610. The highest BCUT2D eigenvalue weighted by atomic mass is 35.5. The second kappa shape index (κ2) is 5.48. The lowest BCUT2D eigenvalue weighted by atomic mass is 10.1. The number of nitrogens with zero attached hydrogens (tertiary/aromatic N) is 1. The van der Waals surface area contributed by atoms with Gasteiger partial charge in [-0.3, -0.25) is 9.59 Å². The number of nitrogen functional groups attached to an aromatic ring is 1. The molecule has 0 saturated carbocycles. The second-order valence-electron chi connectivity index (χ2n) is 4.49. The standard InChI is InChI=1S/C13H15ClN2O3/c1-19-13(18)8-4-5-16(7-8)12(17)10-6-9(14)2-3-11(10)15/h2-3,6,8H,4-5,7,15H2,1H3. The van der Waals surface area contributed by atoms with Gasteiger partial charge in [-0.2, -0.15) is 0 Å². The van der Waals surface area contributed by atoms with Crippen molar-refractivity contribution in [1.82, 2.24) is 4.90 Å². The van der Waals surface area contributed by atoms with Crippen molar-refractivity contribution in [3.63, 3.8) is 0 Å². The summed E-state index contributed by atoms with van der Waals surface area (Å²) in [4.78, 5) is 25.3. The fourth-order valence-electron chi connectivity index (χ4n) is 2.19. The number of hydrogen-bond acceptors (Lipinski definition) is 4. The van der Waals surface area contributed by atoms with Crippen LogP contribution in [0, 0.1) is 5.92 Å². The zero-order chi connectivity index (χ0) is 14.0. The van der Waals surface area contributed by atoms with E-state index in [2.05, 4.69) is 4.74 Å². The third kappa shape index (κ3) is 2.81. The fourth-order valence-corrected chi connectivity index (χ4v) is 2.36. The number of carbonyl (C=O) groups is 2. The lowest BCUT2D eigenvalue weighted by Gasteiger charge is -2.17. The van der Waals surface area contributed by atoms with Crippen molar-refractivity contribution in [3.8, 4) is 0 Å². The molecule has 102 valence electrons. The molecule has 1 aromatic carbocycles. The van der Waals surface area contributed by atoms with Crippen molar-refractivity contribution in [3.05, 3.63) is 28.8 Å². The molecule has 1 aromatic rings. The zero-order valence-corrected chi connectivity index (χ0v) is 11.3. The quantitative estimate of drug-likeness (QED) is 0.660. The van der Waals surface area contributed by atoms with Crippen LogP contribution < -0.4 is 5.73 Å². The van der Waals surface area contributed by atoms with E-state index in [0.717, 1.165) is 0 Å². The average Bonchev–Trinajstić information content (AvgIpc) is 2.89. The Labute approximate surface area is 116 Å². The molecule has 2 N–H and O–H groups in total. The Bertz CT molecular complexity index is 519. The summed E-state index contributed by atoms with van der Waals surface area (Å²) >= 11 is 5.87. The SMILES string of the molecule is COC(=O)C1CCN(C(=O)c2cc(Cl)ccc2N)C1. The van der Waals surface area contributed by atoms with Crippen LogP contribution >= 0.6 is 11.6 Å². The van der Waals surface area contributed by atoms with Gasteiger partial charge in [0.15, 0.2) is 0 Å². The zero-order valence-electron chi connectivity index (χ0n) is 10.6. The van der Waals surface area contributed by atoms with Gasteiger partial charge in [-0.05, 0) is 24.6 Å². The molecule has 0 aliphatic carbocycles. The number of amides is 1. The first-order chi connectivity index (χ1) is 9.02. The van der Waals surface area contributed by atoms with Crippen molar-refractivity contribution in [2.45, 2.75) is 6.42 Å². The predicted octanol–water partition coefficient (Wildman–Crippen LogP) is 1.56. The number of likely N-dealkylation sites (tertiary alicyclic amines) is 1. The number of nitrogens with two attached hydrogens (primary N) is 1. The normalized spacial score (nSPS) is 18.4. The highest BCUT2D eigenvalue weighted by Crippen LogP contribution is 2.24. The number of methoxy groups -OCH3 is 1. The maximum Gasteiger partial charge on any atom is 0.310 e. The second-order valence-corrected chi connectivity index (χ2v) is 4.93. The first kappa shape index (κ1) is 13.7. The van der Waals surface area contributed by atoms with E-state index in [-0.39, 0.29) is 17.8 Å². The van der Waals surface area contributed by atoms with Crippen LogP contribution in [0.1, 0.15) is 16.8 Å². The molecule has 5 nitrogen and oxygen atoms in total. The Balaban J connectivity index is 2.13. The Morgan fingerprint density at radius 3 is 2.89 bits per heavy atom. The van der Waals surface area contributed by atoms with Gasteiger partial charge in [0.05, 0.1) is 18.6 Å². The number of anilines is 1. The van der Waals surface area contributed by atoms with Gasteiger partial charge in [0.2, 0.25) is 0 Å². The van der Waals surface area contributed by atoms with E-state index in [1.165, 1.54) is 7.11 Å². The van der Waals surface area contributed by atoms with E-state index in [1.54, 1.807) is 23.1 Å². The molecule has 2 rings (SSSR count). The first-order valence-corrected chi connectivity index (χ1v) is 6.33. The van der Waals surface area contributed by atoms with Crippen LogP contribution in [0.25, 0.3) is 0 Å². The largest absolute Gasteiger partial charge is 0.469 e. The highest BCUT2D eigenvalue weighted by Gasteiger charge is 2.32. The van der Waals surface area contributed by atoms with Gasteiger partial charge in [-0.15, -0.1) is 0 Å². The highest BCUT2D eigenvalue weighted by molar-refractivity contribution is 6.31. The van der Waals surface area contributed by atoms with Crippen LogP contribution in [0.3, 0.4) is 0 Å². The van der Waals surface area contributed by atoms with Crippen LogP contribution in [-0.4, -0.2) is 37.0 Å². The topological polar surface area (TPSA) is 72.6 Å². The van der Waals surface area contributed by atoms with Gasteiger partial charge in [0, 0.05) is 23.8 Å². The lowest BCUT2D eigenvalue weighted by Crippen LogP contribution is -2.30. The van der Waals surface area contributed by atoms with Gasteiger partial charge >= 0.3 is 5.97 Å². The summed E-state index contributed by atoms with van der Waals surface area (Å²) in [5.74, 6) is -0.741. The maximum absolute atomic E-state index is 12.3. The monoisotopic (exact) mass is 282 g/mol. The van der Waals surface area contributed by atoms with Gasteiger partial charge in [0.25, 0.3) is 5.91 Å². The molecule has 1 aliphatic heterocycles. The van der Waals surface area contributed by atoms with Gasteiger partial charge in [-0.1, -0.05) is 11.6 Å². The molecule has 1 unspecified atom stereocenters. The number of halogens is 1. The maximum atomic E-state index is 12.3. The smallest absolute Gasteiger partial charge is 0.310 e. The number of ether oxygens (including phenoxy) is 1. The van der Waals surface area contributed by atoms with E-state index in [4.69, 9.17) is 17.3 Å². The van der Waals surface area contributed by atoms with Gasteiger partial charge in [-0.25, -0.2) is 0 Å². The third-order valence-electron chi connectivity index (χ3n) is 3.26. The molecule has 0 radical (unpaired) electrons. The number of rotatable bonds is 2. The van der Waals surface area contributed by atoms with E-state index in [1.807, 2.05) is 0 Å². The molecule has 1 saturated heterocycles. The molecule has 0 aromatic heterocycles. The molecule has 1 amide bonds. The molecular weight excluding hydrogens is 268 g/mol. The van der Waals surface area contributed by atoms with Crippen molar-refractivity contribution in [2.24, 2.45) is 5.92 Å². The molecule has 0 bridgehead atoms. The molecule has 19 heavy (non-hydrogen) atoms. The van der Waals surface area contributed by atoms with Crippen LogP contribution in [0.4, 0.5) is 5.69 Å². The minimum Gasteiger partial charge on any atom is -0.469 e. The summed E-state index contributed by atoms with van der Waals surface area (Å²) in [7, 11) is 1.35. The van der Waals surface area contributed by atoms with Crippen molar-refractivity contribution < 1.29 is 14.3 Å². The third-order valence-corrected chi connectivity index (χ3v) is 3.49. The van der Waals surface area contributed by atoms with Gasteiger partial charge < -0.3 is 15.4 Å². The number of carbonyl (C=O) groups excluding carboxylic acids is 2. The van der Waals surface area contributed by atoms with Crippen LogP contribution in [0.5, 0.6) is 0 Å². The predicted molar refractivity (Wildman–Crippen MR) is 71.9 cm³/mol. The van der Waals surface area contributed by atoms with E-state index in [9.17, 15) is 9.59 Å². The molecule has 0 spiro atoms. The summed E-state index contributed by atoms with van der Waals surface area (Å²) < 4.78 is 4.69. The van der Waals surface area contributed by atoms with Crippen LogP contribution in [0.15, 0.2) is 18.2 Å². The van der Waals surface area contributed by atoms with E-state index in [0.29, 0.717) is 35.8 Å². The Hall–Kier alpha value is -1.75. The van der Waals surface area contributed by atoms with Crippen LogP contribution in [-0.2, 0) is 9.53 Å². The minimum atomic E-state index is -0.283. The van der Waals surface area contributed by atoms with E-state index < -0.39 is 0 Å². The molecule has 1 aliphatic rings. The van der Waals surface area contributed by atoms with E-state index >= 15 is 0 Å². The molecule has 6 heteroatoms. The number of hydrogen-bond donors (Lipinski definition) is 1. The Morgan fingerprint density at radius 1 is 1.47 bits per heavy atom. The molecule has 1 heterocycles. The summed E-state index contributed by atoms with van der Waals surface area (Å²) in [5, 5.41) is 0.460. The molecule has 1 atom stereocenters. The fraction of sp³-hybridized carbons (Fsp3) is 0.385. The van der Waals surface area contributed by atoms with Crippen molar-refractivity contribution in [1.29, 1.82) is 0 Å². The minimum absolute atomic E-state index is 0.202. The summed E-state index contributed by atoms with van der Waals surface area (Å²) in [6, 6.07) is 4.78. The van der Waals surface area contributed by atoms with Crippen LogP contribution in [0.2, 0.25) is 5.02 Å². The summed E-state index contributed by atoms with van der Waals surface area (Å²) in [6.45, 7) is 0.877. The number of benzene rings is 1. The number of esters is 1. The average molecular weight is 283 g/mol.